The van der Waals surface area contributed by atoms with Crippen LogP contribution in [0, 0.1) is 0 Å². The van der Waals surface area contributed by atoms with Crippen LogP contribution in [0.4, 0.5) is 5.82 Å². The van der Waals surface area contributed by atoms with E-state index in [0.717, 1.165) is 36.5 Å². The first-order valence-electron chi connectivity index (χ1n) is 9.85. The molecule has 2 aromatic carbocycles. The van der Waals surface area contributed by atoms with Gasteiger partial charge >= 0.3 is 0 Å². The zero-order valence-electron chi connectivity index (χ0n) is 15.5. The van der Waals surface area contributed by atoms with Gasteiger partial charge in [0.15, 0.2) is 0 Å². The molecule has 0 saturated carbocycles. The molecule has 0 spiro atoms. The third kappa shape index (κ3) is 2.27. The topological polar surface area (TPSA) is 41.4 Å². The lowest BCUT2D eigenvalue weighted by molar-refractivity contribution is 0.651. The molecule has 0 saturated heterocycles. The maximum Gasteiger partial charge on any atom is 0.141 e. The van der Waals surface area contributed by atoms with E-state index in [1.807, 2.05) is 6.21 Å². The Morgan fingerprint density at radius 1 is 0.929 bits per heavy atom. The number of fused-ring (bicyclic) bond motifs is 3. The maximum atomic E-state index is 4.71. The minimum atomic E-state index is 0.199. The van der Waals surface area contributed by atoms with Crippen molar-refractivity contribution in [1.82, 2.24) is 9.97 Å². The van der Waals surface area contributed by atoms with E-state index < -0.39 is 0 Å². The molecule has 1 aromatic heterocycles. The second-order valence-corrected chi connectivity index (χ2v) is 7.62. The fraction of sp³-hybridized carbons (Fsp3) is 0.208. The summed E-state index contributed by atoms with van der Waals surface area (Å²) in [6, 6.07) is 19.9. The first kappa shape index (κ1) is 15.8. The number of anilines is 1. The van der Waals surface area contributed by atoms with Gasteiger partial charge in [-0.1, -0.05) is 54.6 Å². The summed E-state index contributed by atoms with van der Waals surface area (Å²) >= 11 is 0. The van der Waals surface area contributed by atoms with Crippen molar-refractivity contribution in [3.05, 3.63) is 94.4 Å². The number of hydrogen-bond acceptors (Lipinski definition) is 4. The van der Waals surface area contributed by atoms with Crippen molar-refractivity contribution < 1.29 is 0 Å². The lowest BCUT2D eigenvalue weighted by atomic mass is 9.88. The van der Waals surface area contributed by atoms with Crippen LogP contribution < -0.4 is 4.90 Å². The molecule has 1 aliphatic carbocycles. The van der Waals surface area contributed by atoms with Gasteiger partial charge in [-0.2, -0.15) is 0 Å². The Morgan fingerprint density at radius 3 is 2.71 bits per heavy atom. The second-order valence-electron chi connectivity index (χ2n) is 7.62. The van der Waals surface area contributed by atoms with Crippen molar-refractivity contribution in [3.8, 4) is 0 Å². The van der Waals surface area contributed by atoms with E-state index in [1.165, 1.54) is 27.8 Å². The third-order valence-electron chi connectivity index (χ3n) is 6.15. The molecule has 0 radical (unpaired) electrons. The third-order valence-corrected chi connectivity index (χ3v) is 6.15. The van der Waals surface area contributed by atoms with Crippen LogP contribution in [0.3, 0.4) is 0 Å². The van der Waals surface area contributed by atoms with Crippen molar-refractivity contribution in [2.45, 2.75) is 25.4 Å². The van der Waals surface area contributed by atoms with Crippen LogP contribution in [-0.2, 0) is 13.0 Å². The van der Waals surface area contributed by atoms with Crippen LogP contribution in [0.1, 0.15) is 40.4 Å². The summed E-state index contributed by atoms with van der Waals surface area (Å²) in [7, 11) is 0. The number of aromatic nitrogens is 2. The molecule has 0 fully saturated rings. The molecule has 28 heavy (non-hydrogen) atoms. The van der Waals surface area contributed by atoms with Crippen LogP contribution in [0.2, 0.25) is 0 Å². The van der Waals surface area contributed by atoms with Crippen molar-refractivity contribution in [2.24, 2.45) is 4.99 Å². The number of nitrogens with zero attached hydrogens (tertiary/aromatic N) is 4. The molecule has 2 aliphatic heterocycles. The first-order chi connectivity index (χ1) is 13.9. The Morgan fingerprint density at radius 2 is 1.79 bits per heavy atom. The fourth-order valence-corrected chi connectivity index (χ4v) is 4.94. The van der Waals surface area contributed by atoms with Gasteiger partial charge in [0.25, 0.3) is 0 Å². The summed E-state index contributed by atoms with van der Waals surface area (Å²) in [5, 5.41) is 0. The molecule has 6 rings (SSSR count). The van der Waals surface area contributed by atoms with Crippen molar-refractivity contribution in [1.29, 1.82) is 0 Å². The van der Waals surface area contributed by atoms with E-state index >= 15 is 0 Å². The van der Waals surface area contributed by atoms with E-state index in [4.69, 9.17) is 4.98 Å². The van der Waals surface area contributed by atoms with Gasteiger partial charge < -0.3 is 4.90 Å². The monoisotopic (exact) mass is 364 g/mol. The highest BCUT2D eigenvalue weighted by atomic mass is 15.2. The summed E-state index contributed by atoms with van der Waals surface area (Å²) in [5.74, 6) is 1.02. The summed E-state index contributed by atoms with van der Waals surface area (Å²) in [5.41, 5.74) is 9.37. The molecule has 3 aliphatic rings. The summed E-state index contributed by atoms with van der Waals surface area (Å²) < 4.78 is 0. The lowest BCUT2D eigenvalue weighted by Crippen LogP contribution is -2.36. The van der Waals surface area contributed by atoms with Gasteiger partial charge in [0.1, 0.15) is 12.1 Å². The molecule has 1 unspecified atom stereocenters. The lowest BCUT2D eigenvalue weighted by Gasteiger charge is -2.39. The Kier molecular flexibility index (Phi) is 3.45. The van der Waals surface area contributed by atoms with Gasteiger partial charge in [0, 0.05) is 12.8 Å². The Hall–Kier alpha value is -3.27. The molecule has 3 heterocycles. The number of rotatable bonds is 2. The predicted molar refractivity (Wildman–Crippen MR) is 112 cm³/mol. The zero-order chi connectivity index (χ0) is 18.5. The van der Waals surface area contributed by atoms with Gasteiger partial charge in [-0.3, -0.25) is 4.99 Å². The van der Waals surface area contributed by atoms with Crippen LogP contribution in [0.5, 0.6) is 0 Å². The Balaban J connectivity index is 1.53. The van der Waals surface area contributed by atoms with Gasteiger partial charge in [0.2, 0.25) is 0 Å². The first-order valence-corrected chi connectivity index (χ1v) is 9.85. The van der Waals surface area contributed by atoms with Gasteiger partial charge in [-0.05, 0) is 40.7 Å². The van der Waals surface area contributed by atoms with E-state index in [0.29, 0.717) is 6.54 Å². The summed E-state index contributed by atoms with van der Waals surface area (Å²) in [6.45, 7) is 1.61. The van der Waals surface area contributed by atoms with Crippen molar-refractivity contribution in [2.75, 3.05) is 11.4 Å². The minimum absolute atomic E-state index is 0.199. The molecule has 136 valence electrons. The van der Waals surface area contributed by atoms with Crippen LogP contribution in [0.25, 0.3) is 5.57 Å². The van der Waals surface area contributed by atoms with Gasteiger partial charge in [-0.15, -0.1) is 0 Å². The molecule has 0 amide bonds. The number of benzene rings is 2. The highest BCUT2D eigenvalue weighted by Gasteiger charge is 2.37. The van der Waals surface area contributed by atoms with Crippen LogP contribution >= 0.6 is 0 Å². The molecule has 4 heteroatoms. The predicted octanol–water partition coefficient (Wildman–Crippen LogP) is 4.37. The van der Waals surface area contributed by atoms with Gasteiger partial charge in [0.05, 0.1) is 23.8 Å². The van der Waals surface area contributed by atoms with Crippen LogP contribution in [-0.4, -0.2) is 22.7 Å². The molecule has 0 N–H and O–H groups in total. The summed E-state index contributed by atoms with van der Waals surface area (Å²) in [4.78, 5) is 16.1. The smallest absolute Gasteiger partial charge is 0.141 e. The minimum Gasteiger partial charge on any atom is -0.345 e. The normalized spacial score (nSPS) is 19.6. The standard InChI is InChI=1S/C24H20N4/c1-2-6-16(7-3-1)23-20-12-17-8-4-5-9-18(17)19(20)10-11-28(23)24-21-13-25-14-22(21)26-15-27-24/h1-9,13,15,23H,10-12,14H2. The van der Waals surface area contributed by atoms with Crippen LogP contribution in [0.15, 0.2) is 71.5 Å². The molecular weight excluding hydrogens is 344 g/mol. The molecule has 1 atom stereocenters. The number of hydrogen-bond donors (Lipinski definition) is 0. The average molecular weight is 364 g/mol. The van der Waals surface area contributed by atoms with E-state index in [9.17, 15) is 0 Å². The van der Waals surface area contributed by atoms with E-state index in [-0.39, 0.29) is 6.04 Å². The van der Waals surface area contributed by atoms with Crippen molar-refractivity contribution in [3.63, 3.8) is 0 Å². The molecular formula is C24H20N4. The SMILES string of the molecule is C1=NCc2ncnc(N3CCC4=C(Cc5ccccc54)C3c3ccccc3)c21. The largest absolute Gasteiger partial charge is 0.345 e. The highest BCUT2D eigenvalue weighted by Crippen LogP contribution is 2.48. The van der Waals surface area contributed by atoms with Gasteiger partial charge in [-0.25, -0.2) is 9.97 Å². The number of aliphatic imine (C=N–C) groups is 1. The quantitative estimate of drug-likeness (QED) is 0.678. The molecule has 0 bridgehead atoms. The molecule has 4 nitrogen and oxygen atoms in total. The highest BCUT2D eigenvalue weighted by molar-refractivity contribution is 5.91. The Bertz CT molecular complexity index is 1130. The summed E-state index contributed by atoms with van der Waals surface area (Å²) in [6.07, 6.45) is 5.70. The second kappa shape index (κ2) is 6.13. The van der Waals surface area contributed by atoms with Crippen molar-refractivity contribution >= 4 is 17.6 Å². The molecule has 3 aromatic rings. The fourth-order valence-electron chi connectivity index (χ4n) is 4.94. The maximum absolute atomic E-state index is 4.71. The average Bonchev–Trinajstić information content (AvgIpc) is 3.38. The Labute approximate surface area is 164 Å². The zero-order valence-corrected chi connectivity index (χ0v) is 15.5. The van der Waals surface area contributed by atoms with E-state index in [2.05, 4.69) is 69.5 Å². The van der Waals surface area contributed by atoms with E-state index in [1.54, 1.807) is 6.33 Å².